The van der Waals surface area contributed by atoms with Crippen molar-refractivity contribution in [3.8, 4) is 0 Å². The van der Waals surface area contributed by atoms with Crippen molar-refractivity contribution >= 4 is 40.6 Å². The number of benzene rings is 2. The highest BCUT2D eigenvalue weighted by Gasteiger charge is 2.71. The highest BCUT2D eigenvalue weighted by molar-refractivity contribution is 6.32. The van der Waals surface area contributed by atoms with Gasteiger partial charge in [-0.2, -0.15) is 0 Å². The van der Waals surface area contributed by atoms with E-state index in [1.165, 1.54) is 12.1 Å². The van der Waals surface area contributed by atoms with Gasteiger partial charge in [-0.1, -0.05) is 55.2 Å². The number of halogens is 1. The fraction of sp³-hybridized carbons (Fsp3) is 0.400. The summed E-state index contributed by atoms with van der Waals surface area (Å²) >= 11 is 5.82. The Morgan fingerprint density at radius 1 is 1.12 bits per heavy atom. The Hall–Kier alpha value is -3.26. The Kier molecular flexibility index (Phi) is 5.76. The first-order valence-corrected chi connectivity index (χ1v) is 11.4. The molecular formula is C25H26ClN3O5. The smallest absolute Gasteiger partial charge is 0.326 e. The van der Waals surface area contributed by atoms with Crippen LogP contribution in [0.25, 0.3) is 0 Å². The molecule has 4 rings (SSSR count). The van der Waals surface area contributed by atoms with Crippen molar-refractivity contribution in [1.82, 2.24) is 0 Å². The van der Waals surface area contributed by atoms with Crippen LogP contribution in [0.5, 0.6) is 0 Å². The highest BCUT2D eigenvalue weighted by atomic mass is 35.5. The molecule has 9 heteroatoms. The van der Waals surface area contributed by atoms with Gasteiger partial charge in [0.05, 0.1) is 21.6 Å². The lowest BCUT2D eigenvalue weighted by molar-refractivity contribution is -0.384. The number of nitro benzene ring substituents is 1. The molecule has 1 N–H and O–H groups in total. The number of nitro groups is 1. The molecule has 2 fully saturated rings. The zero-order valence-corrected chi connectivity index (χ0v) is 20.2. The van der Waals surface area contributed by atoms with E-state index >= 15 is 0 Å². The number of carbonyl (C=O) groups is 2. The normalized spacial score (nSPS) is 25.9. The SMILES string of the molecule is Cc1ccc(NC(=O)C23CCC(C)(/C(=N/OC(=O)c4ccc(Cl)c([N+](=O)[O-])c4)C2)C3(C)C)cc1. The summed E-state index contributed by atoms with van der Waals surface area (Å²) in [5.41, 5.74) is 0.492. The van der Waals surface area contributed by atoms with Crippen molar-refractivity contribution < 1.29 is 19.3 Å². The van der Waals surface area contributed by atoms with Gasteiger partial charge in [0.2, 0.25) is 5.91 Å². The molecule has 0 radical (unpaired) electrons. The van der Waals surface area contributed by atoms with Gasteiger partial charge in [-0.3, -0.25) is 14.9 Å². The number of aryl methyl sites for hydroxylation is 1. The third-order valence-corrected chi connectivity index (χ3v) is 8.41. The van der Waals surface area contributed by atoms with Crippen LogP contribution in [-0.2, 0) is 9.63 Å². The molecule has 2 saturated carbocycles. The average molecular weight is 484 g/mol. The number of hydrogen-bond acceptors (Lipinski definition) is 6. The predicted octanol–water partition coefficient (Wildman–Crippen LogP) is 5.92. The summed E-state index contributed by atoms with van der Waals surface area (Å²) in [6, 6.07) is 11.3. The van der Waals surface area contributed by atoms with Crippen LogP contribution in [0.15, 0.2) is 47.6 Å². The summed E-state index contributed by atoms with van der Waals surface area (Å²) in [7, 11) is 0. The first kappa shape index (κ1) is 23.9. The number of oxime groups is 1. The number of amides is 1. The first-order chi connectivity index (χ1) is 15.9. The van der Waals surface area contributed by atoms with E-state index in [4.69, 9.17) is 16.4 Å². The summed E-state index contributed by atoms with van der Waals surface area (Å²) in [5.74, 6) is -0.899. The minimum atomic E-state index is -0.824. The van der Waals surface area contributed by atoms with Gasteiger partial charge in [0.25, 0.3) is 5.69 Å². The second kappa shape index (κ2) is 8.20. The Balaban J connectivity index is 1.58. The number of nitrogens with one attached hydrogen (secondary N) is 1. The second-order valence-electron chi connectivity index (χ2n) is 9.88. The predicted molar refractivity (Wildman–Crippen MR) is 129 cm³/mol. The largest absolute Gasteiger partial charge is 0.365 e. The van der Waals surface area contributed by atoms with Crippen molar-refractivity contribution in [3.63, 3.8) is 0 Å². The number of carbonyl (C=O) groups excluding carboxylic acids is 2. The lowest BCUT2D eigenvalue weighted by Crippen LogP contribution is -2.43. The monoisotopic (exact) mass is 483 g/mol. The van der Waals surface area contributed by atoms with E-state index in [0.29, 0.717) is 18.6 Å². The van der Waals surface area contributed by atoms with Gasteiger partial charge in [-0.25, -0.2) is 4.79 Å². The molecule has 0 aliphatic heterocycles. The van der Waals surface area contributed by atoms with Crippen LogP contribution < -0.4 is 5.32 Å². The number of hydrogen-bond donors (Lipinski definition) is 1. The fourth-order valence-electron chi connectivity index (χ4n) is 5.34. The summed E-state index contributed by atoms with van der Waals surface area (Å²) in [4.78, 5) is 41.7. The van der Waals surface area contributed by atoms with Crippen LogP contribution in [0.1, 0.15) is 56.0 Å². The van der Waals surface area contributed by atoms with Gasteiger partial charge in [-0.05, 0) is 49.4 Å². The molecule has 0 saturated heterocycles. The lowest BCUT2D eigenvalue weighted by atomic mass is 9.64. The number of anilines is 1. The molecule has 0 spiro atoms. The summed E-state index contributed by atoms with van der Waals surface area (Å²) in [5, 5.41) is 18.3. The Morgan fingerprint density at radius 2 is 1.79 bits per heavy atom. The topological polar surface area (TPSA) is 111 Å². The van der Waals surface area contributed by atoms with Gasteiger partial charge in [0.1, 0.15) is 5.02 Å². The van der Waals surface area contributed by atoms with E-state index in [1.807, 2.05) is 38.1 Å². The van der Waals surface area contributed by atoms with Crippen molar-refractivity contribution in [2.45, 2.75) is 47.0 Å². The highest BCUT2D eigenvalue weighted by Crippen LogP contribution is 2.71. The fourth-order valence-corrected chi connectivity index (χ4v) is 5.53. The number of fused-ring (bicyclic) bond motifs is 2. The average Bonchev–Trinajstić information content (AvgIpc) is 3.09. The first-order valence-electron chi connectivity index (χ1n) is 11.0. The Bertz CT molecular complexity index is 1220. The Morgan fingerprint density at radius 3 is 2.44 bits per heavy atom. The maximum absolute atomic E-state index is 13.5. The molecule has 34 heavy (non-hydrogen) atoms. The molecule has 2 aromatic rings. The van der Waals surface area contributed by atoms with Crippen LogP contribution in [0.4, 0.5) is 11.4 Å². The molecule has 178 valence electrons. The van der Waals surface area contributed by atoms with E-state index in [-0.39, 0.29) is 22.2 Å². The van der Waals surface area contributed by atoms with E-state index in [1.54, 1.807) is 0 Å². The molecule has 2 unspecified atom stereocenters. The van der Waals surface area contributed by atoms with Crippen molar-refractivity contribution in [2.24, 2.45) is 21.4 Å². The van der Waals surface area contributed by atoms with E-state index in [9.17, 15) is 19.7 Å². The van der Waals surface area contributed by atoms with E-state index in [2.05, 4.69) is 24.3 Å². The zero-order chi connectivity index (χ0) is 24.9. The molecule has 0 heterocycles. The van der Waals surface area contributed by atoms with Crippen molar-refractivity contribution in [1.29, 1.82) is 0 Å². The molecule has 2 aliphatic rings. The van der Waals surface area contributed by atoms with Gasteiger partial charge >= 0.3 is 5.97 Å². The van der Waals surface area contributed by atoms with Crippen LogP contribution in [0.3, 0.4) is 0 Å². The van der Waals surface area contributed by atoms with Gasteiger partial charge < -0.3 is 10.2 Å². The summed E-state index contributed by atoms with van der Waals surface area (Å²) < 4.78 is 0. The third-order valence-electron chi connectivity index (χ3n) is 8.10. The van der Waals surface area contributed by atoms with Crippen LogP contribution in [-0.4, -0.2) is 22.5 Å². The lowest BCUT2D eigenvalue weighted by Gasteiger charge is -2.39. The van der Waals surface area contributed by atoms with E-state index < -0.39 is 27.1 Å². The quantitative estimate of drug-likeness (QED) is 0.322. The number of nitrogens with zero attached hydrogens (tertiary/aromatic N) is 2. The minimum Gasteiger partial charge on any atom is -0.326 e. The molecule has 2 atom stereocenters. The molecule has 0 aromatic heterocycles. The number of rotatable bonds is 5. The third kappa shape index (κ3) is 3.57. The Labute approximate surface area is 202 Å². The van der Waals surface area contributed by atoms with Gasteiger partial charge in [-0.15, -0.1) is 0 Å². The summed E-state index contributed by atoms with van der Waals surface area (Å²) in [6.07, 6.45) is 1.79. The summed E-state index contributed by atoms with van der Waals surface area (Å²) in [6.45, 7) is 8.14. The van der Waals surface area contributed by atoms with Crippen LogP contribution in [0.2, 0.25) is 5.02 Å². The maximum Gasteiger partial charge on any atom is 0.365 e. The van der Waals surface area contributed by atoms with Gasteiger partial charge in [0, 0.05) is 23.6 Å². The molecule has 2 aromatic carbocycles. The molecular weight excluding hydrogens is 458 g/mol. The second-order valence-corrected chi connectivity index (χ2v) is 10.3. The molecule has 1 amide bonds. The molecule has 2 bridgehead atoms. The molecule has 8 nitrogen and oxygen atoms in total. The van der Waals surface area contributed by atoms with Crippen LogP contribution in [0, 0.1) is 33.3 Å². The standard InChI is InChI=1S/C25H26ClN3O5/c1-15-5-8-17(9-6-15)27-22(31)25-12-11-24(4,23(25,2)3)20(14-25)28-34-21(30)16-7-10-18(26)19(13-16)29(32)33/h5-10,13H,11-12,14H2,1-4H3,(H,27,31)/b28-20+. The van der Waals surface area contributed by atoms with E-state index in [0.717, 1.165) is 23.7 Å². The molecule has 2 aliphatic carbocycles. The van der Waals surface area contributed by atoms with Crippen LogP contribution >= 0.6 is 11.6 Å². The van der Waals surface area contributed by atoms with Crippen molar-refractivity contribution in [3.05, 3.63) is 68.7 Å². The maximum atomic E-state index is 13.5. The zero-order valence-electron chi connectivity index (χ0n) is 19.5. The minimum absolute atomic E-state index is 0.0279. The van der Waals surface area contributed by atoms with Crippen molar-refractivity contribution in [2.75, 3.05) is 5.32 Å². The van der Waals surface area contributed by atoms with Gasteiger partial charge in [0.15, 0.2) is 0 Å².